The Morgan fingerprint density at radius 2 is 2.22 bits per heavy atom. The molecule has 1 amide bonds. The van der Waals surface area contributed by atoms with E-state index < -0.39 is 0 Å². The minimum Gasteiger partial charge on any atom is -0.465 e. The molecule has 2 heterocycles. The molecule has 0 aromatic carbocycles. The van der Waals surface area contributed by atoms with Gasteiger partial charge < -0.3 is 9.32 Å². The fourth-order valence-corrected chi connectivity index (χ4v) is 3.30. The number of amides is 1. The van der Waals surface area contributed by atoms with E-state index in [4.69, 9.17) is 4.42 Å². The summed E-state index contributed by atoms with van der Waals surface area (Å²) in [5.41, 5.74) is 2.97. The van der Waals surface area contributed by atoms with E-state index >= 15 is 0 Å². The first kappa shape index (κ1) is 15.8. The molecule has 0 saturated carbocycles. The molecule has 0 saturated heterocycles. The van der Waals surface area contributed by atoms with E-state index in [2.05, 4.69) is 24.9 Å². The van der Waals surface area contributed by atoms with Crippen LogP contribution in [0.25, 0.3) is 0 Å². The molecule has 2 aromatic heterocycles. The van der Waals surface area contributed by atoms with Gasteiger partial charge in [0.15, 0.2) is 0 Å². The minimum absolute atomic E-state index is 0.0154. The van der Waals surface area contributed by atoms with Gasteiger partial charge in [-0.05, 0) is 43.9 Å². The van der Waals surface area contributed by atoms with Crippen LogP contribution in [0.4, 0.5) is 0 Å². The largest absolute Gasteiger partial charge is 0.465 e. The average molecular weight is 312 g/mol. The molecule has 0 spiro atoms. The van der Waals surface area contributed by atoms with Crippen molar-refractivity contribution in [2.45, 2.75) is 52.0 Å². The van der Waals surface area contributed by atoms with E-state index in [0.717, 1.165) is 30.7 Å². The van der Waals surface area contributed by atoms with E-state index in [0.29, 0.717) is 11.3 Å². The molecule has 4 heteroatoms. The Labute approximate surface area is 137 Å². The van der Waals surface area contributed by atoms with Crippen LogP contribution in [0, 0.1) is 6.92 Å². The lowest BCUT2D eigenvalue weighted by atomic mass is 9.91. The monoisotopic (exact) mass is 312 g/mol. The van der Waals surface area contributed by atoms with Gasteiger partial charge in [-0.2, -0.15) is 0 Å². The van der Waals surface area contributed by atoms with Crippen molar-refractivity contribution in [3.63, 3.8) is 0 Å². The first-order valence-corrected chi connectivity index (χ1v) is 8.30. The molecular weight excluding hydrogens is 288 g/mol. The molecular formula is C19H24N2O2. The molecule has 1 aliphatic rings. The third-order valence-corrected chi connectivity index (χ3v) is 4.69. The van der Waals surface area contributed by atoms with Gasteiger partial charge in [0.1, 0.15) is 11.5 Å². The van der Waals surface area contributed by atoms with Crippen molar-refractivity contribution in [1.29, 1.82) is 0 Å². The van der Waals surface area contributed by atoms with E-state index in [-0.39, 0.29) is 17.9 Å². The maximum atomic E-state index is 12.9. The minimum atomic E-state index is 0.0154. The summed E-state index contributed by atoms with van der Waals surface area (Å²) in [6.07, 6.45) is 4.90. The lowest BCUT2D eigenvalue weighted by molar-refractivity contribution is 0.0709. The van der Waals surface area contributed by atoms with Gasteiger partial charge in [0.2, 0.25) is 0 Å². The van der Waals surface area contributed by atoms with Gasteiger partial charge in [-0.15, -0.1) is 0 Å². The van der Waals surface area contributed by atoms with E-state index in [1.807, 2.05) is 37.2 Å². The summed E-state index contributed by atoms with van der Waals surface area (Å²) < 4.78 is 5.74. The lowest BCUT2D eigenvalue weighted by Crippen LogP contribution is -2.34. The molecule has 0 fully saturated rings. The molecule has 0 N–H and O–H groups in total. The summed E-state index contributed by atoms with van der Waals surface area (Å²) in [5, 5.41) is 0. The third-order valence-electron chi connectivity index (χ3n) is 4.69. The van der Waals surface area contributed by atoms with Gasteiger partial charge in [-0.1, -0.05) is 19.9 Å². The Bertz CT molecular complexity index is 718. The van der Waals surface area contributed by atoms with Crippen LogP contribution >= 0.6 is 0 Å². The van der Waals surface area contributed by atoms with Gasteiger partial charge in [-0.3, -0.25) is 9.78 Å². The average Bonchev–Trinajstić information content (AvgIpc) is 2.95. The van der Waals surface area contributed by atoms with Crippen LogP contribution in [0.15, 0.2) is 28.8 Å². The summed E-state index contributed by atoms with van der Waals surface area (Å²) in [6.45, 7) is 6.00. The quantitative estimate of drug-likeness (QED) is 0.851. The number of furan rings is 1. The summed E-state index contributed by atoms with van der Waals surface area (Å²) in [7, 11) is 1.87. The number of carbonyl (C=O) groups excluding carboxylic acids is 1. The van der Waals surface area contributed by atoms with Crippen LogP contribution in [-0.2, 0) is 6.42 Å². The molecule has 4 nitrogen and oxygen atoms in total. The molecule has 23 heavy (non-hydrogen) atoms. The summed E-state index contributed by atoms with van der Waals surface area (Å²) in [5.74, 6) is 1.85. The van der Waals surface area contributed by atoms with Crippen LogP contribution in [0.3, 0.4) is 0 Å². The number of aromatic nitrogens is 1. The Morgan fingerprint density at radius 3 is 2.91 bits per heavy atom. The highest BCUT2D eigenvalue weighted by Gasteiger charge is 2.30. The zero-order valence-corrected chi connectivity index (χ0v) is 14.3. The topological polar surface area (TPSA) is 46.3 Å². The predicted octanol–water partition coefficient (Wildman–Crippen LogP) is 4.26. The fourth-order valence-electron chi connectivity index (χ4n) is 3.30. The number of fused-ring (bicyclic) bond motifs is 1. The van der Waals surface area contributed by atoms with Crippen molar-refractivity contribution < 1.29 is 9.21 Å². The number of carbonyl (C=O) groups is 1. The van der Waals surface area contributed by atoms with E-state index in [1.165, 1.54) is 5.56 Å². The highest BCUT2D eigenvalue weighted by molar-refractivity contribution is 5.95. The Kier molecular flexibility index (Phi) is 4.24. The number of nitrogens with zero attached hydrogens (tertiary/aromatic N) is 2. The Balaban J connectivity index is 1.89. The molecule has 1 aliphatic carbocycles. The van der Waals surface area contributed by atoms with Crippen LogP contribution in [0.5, 0.6) is 0 Å². The number of hydrogen-bond acceptors (Lipinski definition) is 3. The van der Waals surface area contributed by atoms with Gasteiger partial charge in [-0.25, -0.2) is 0 Å². The maximum Gasteiger partial charge on any atom is 0.257 e. The molecule has 2 aromatic rings. The predicted molar refractivity (Wildman–Crippen MR) is 89.5 cm³/mol. The van der Waals surface area contributed by atoms with E-state index in [9.17, 15) is 4.79 Å². The number of hydrogen-bond donors (Lipinski definition) is 0. The van der Waals surface area contributed by atoms with Crippen molar-refractivity contribution in [3.8, 4) is 0 Å². The van der Waals surface area contributed by atoms with Crippen molar-refractivity contribution >= 4 is 5.91 Å². The second-order valence-electron chi connectivity index (χ2n) is 6.65. The smallest absolute Gasteiger partial charge is 0.257 e. The highest BCUT2D eigenvalue weighted by Crippen LogP contribution is 2.33. The Hall–Kier alpha value is -2.10. The van der Waals surface area contributed by atoms with Gasteiger partial charge in [0, 0.05) is 19.2 Å². The molecule has 1 unspecified atom stereocenters. The second-order valence-corrected chi connectivity index (χ2v) is 6.65. The standard InChI is InChI=1S/C19H24N2O2/c1-12(2)17-11-15(13(3)23-17)19(22)21(4)16-9-5-7-14-8-6-10-20-18(14)16/h6,8,10-12,16H,5,7,9H2,1-4H3. The van der Waals surface area contributed by atoms with Crippen LogP contribution in [0.1, 0.15) is 71.8 Å². The molecule has 0 aliphatic heterocycles. The third kappa shape index (κ3) is 2.90. The lowest BCUT2D eigenvalue weighted by Gasteiger charge is -2.32. The summed E-state index contributed by atoms with van der Waals surface area (Å²) in [4.78, 5) is 19.3. The van der Waals surface area contributed by atoms with Crippen molar-refractivity contribution in [3.05, 3.63) is 52.7 Å². The van der Waals surface area contributed by atoms with E-state index in [1.54, 1.807) is 0 Å². The Morgan fingerprint density at radius 1 is 1.43 bits per heavy atom. The molecule has 0 bridgehead atoms. The van der Waals surface area contributed by atoms with Gasteiger partial charge >= 0.3 is 0 Å². The maximum absolute atomic E-state index is 12.9. The first-order chi connectivity index (χ1) is 11.0. The number of rotatable bonds is 3. The first-order valence-electron chi connectivity index (χ1n) is 8.30. The second kappa shape index (κ2) is 6.19. The summed E-state index contributed by atoms with van der Waals surface area (Å²) >= 11 is 0. The van der Waals surface area contributed by atoms with Gasteiger partial charge in [0.05, 0.1) is 17.3 Å². The van der Waals surface area contributed by atoms with Gasteiger partial charge in [0.25, 0.3) is 5.91 Å². The molecule has 122 valence electrons. The SMILES string of the molecule is Cc1oc(C(C)C)cc1C(=O)N(C)C1CCCc2cccnc21. The number of aryl methyl sites for hydroxylation is 2. The molecule has 0 radical (unpaired) electrons. The van der Waals surface area contributed by atoms with Crippen LogP contribution in [0.2, 0.25) is 0 Å². The fraction of sp³-hybridized carbons (Fsp3) is 0.474. The number of pyridine rings is 1. The molecule has 1 atom stereocenters. The van der Waals surface area contributed by atoms with Crippen molar-refractivity contribution in [2.24, 2.45) is 0 Å². The normalized spacial score (nSPS) is 17.2. The van der Waals surface area contributed by atoms with Crippen molar-refractivity contribution in [2.75, 3.05) is 7.05 Å². The molecule has 3 rings (SSSR count). The van der Waals surface area contributed by atoms with Crippen molar-refractivity contribution in [1.82, 2.24) is 9.88 Å². The highest BCUT2D eigenvalue weighted by atomic mass is 16.3. The zero-order chi connectivity index (χ0) is 16.6. The van der Waals surface area contributed by atoms with Crippen LogP contribution in [-0.4, -0.2) is 22.8 Å². The zero-order valence-electron chi connectivity index (χ0n) is 14.3. The van der Waals surface area contributed by atoms with Crippen LogP contribution < -0.4 is 0 Å². The summed E-state index contributed by atoms with van der Waals surface area (Å²) in [6, 6.07) is 6.02.